The maximum Gasteiger partial charge on any atom is 0.306 e. The van der Waals surface area contributed by atoms with Crippen LogP contribution in [0.15, 0.2) is 0 Å². The molecule has 0 spiro atoms. The molecule has 104 valence electrons. The molecule has 2 atom stereocenters. The molecule has 2 rings (SSSR count). The van der Waals surface area contributed by atoms with Crippen LogP contribution in [0.4, 0.5) is 0 Å². The van der Waals surface area contributed by atoms with Crippen LogP contribution in [0.2, 0.25) is 0 Å². The van der Waals surface area contributed by atoms with E-state index in [9.17, 15) is 4.79 Å². The van der Waals surface area contributed by atoms with E-state index in [-0.39, 0.29) is 12.1 Å². The van der Waals surface area contributed by atoms with Crippen LogP contribution in [0, 0.1) is 17.8 Å². The summed E-state index contributed by atoms with van der Waals surface area (Å²) in [5.41, 5.74) is 0. The summed E-state index contributed by atoms with van der Waals surface area (Å²) in [5, 5.41) is 3.33. The normalized spacial score (nSPS) is 34.2. The third-order valence-electron chi connectivity index (χ3n) is 4.35. The molecule has 0 aromatic rings. The average molecular weight is 253 g/mol. The fourth-order valence-corrected chi connectivity index (χ4v) is 3.52. The van der Waals surface area contributed by atoms with Crippen LogP contribution < -0.4 is 5.32 Å². The monoisotopic (exact) mass is 253 g/mol. The van der Waals surface area contributed by atoms with E-state index in [4.69, 9.17) is 4.74 Å². The summed E-state index contributed by atoms with van der Waals surface area (Å²) < 4.78 is 5.68. The summed E-state index contributed by atoms with van der Waals surface area (Å²) in [5.74, 6) is 1.97. The third-order valence-corrected chi connectivity index (χ3v) is 4.35. The molecule has 3 nitrogen and oxygen atoms in total. The zero-order valence-electron chi connectivity index (χ0n) is 11.8. The number of carbonyl (C=O) groups is 1. The number of rotatable bonds is 3. The van der Waals surface area contributed by atoms with Gasteiger partial charge in [-0.15, -0.1) is 0 Å². The van der Waals surface area contributed by atoms with Gasteiger partial charge in [-0.05, 0) is 62.9 Å². The predicted octanol–water partition coefficient (Wildman–Crippen LogP) is 2.74. The van der Waals surface area contributed by atoms with E-state index in [1.165, 1.54) is 6.42 Å². The van der Waals surface area contributed by atoms with Crippen LogP contribution in [0.25, 0.3) is 0 Å². The summed E-state index contributed by atoms with van der Waals surface area (Å²) >= 11 is 0. The molecule has 0 amide bonds. The number of esters is 1. The van der Waals surface area contributed by atoms with E-state index in [1.807, 2.05) is 0 Å². The molecule has 0 bridgehead atoms. The molecular weight excluding hydrogens is 226 g/mol. The molecule has 1 saturated carbocycles. The van der Waals surface area contributed by atoms with Crippen LogP contribution in [0.3, 0.4) is 0 Å². The van der Waals surface area contributed by atoms with Gasteiger partial charge in [0.1, 0.15) is 6.10 Å². The van der Waals surface area contributed by atoms with Crippen LogP contribution >= 0.6 is 0 Å². The lowest BCUT2D eigenvalue weighted by Crippen LogP contribution is -2.32. The van der Waals surface area contributed by atoms with Crippen molar-refractivity contribution in [1.82, 2.24) is 5.32 Å². The summed E-state index contributed by atoms with van der Waals surface area (Å²) in [7, 11) is 0. The van der Waals surface area contributed by atoms with Crippen LogP contribution in [0.1, 0.15) is 52.4 Å². The Labute approximate surface area is 111 Å². The van der Waals surface area contributed by atoms with Crippen molar-refractivity contribution in [2.75, 3.05) is 13.1 Å². The molecule has 1 saturated heterocycles. The minimum atomic E-state index is 0.0354. The molecule has 2 fully saturated rings. The standard InChI is InChI=1S/C15H27NO2/c1-11-7-12(2)9-14(8-11)18-15(17)10-13-3-5-16-6-4-13/h11-14,16H,3-10H2,1-2H3. The molecule has 0 radical (unpaired) electrons. The van der Waals surface area contributed by atoms with Crippen molar-refractivity contribution in [3.8, 4) is 0 Å². The average Bonchev–Trinajstić information content (AvgIpc) is 2.28. The van der Waals surface area contributed by atoms with Gasteiger partial charge in [-0.3, -0.25) is 4.79 Å². The molecule has 3 heteroatoms. The van der Waals surface area contributed by atoms with Crippen molar-refractivity contribution < 1.29 is 9.53 Å². The Kier molecular flexibility index (Phi) is 5.04. The van der Waals surface area contributed by atoms with E-state index in [1.54, 1.807) is 0 Å². The first-order chi connectivity index (χ1) is 8.63. The fraction of sp³-hybridized carbons (Fsp3) is 0.933. The van der Waals surface area contributed by atoms with Crippen LogP contribution in [-0.2, 0) is 9.53 Å². The van der Waals surface area contributed by atoms with Gasteiger partial charge in [-0.25, -0.2) is 0 Å². The van der Waals surface area contributed by atoms with Gasteiger partial charge < -0.3 is 10.1 Å². The van der Waals surface area contributed by atoms with Crippen LogP contribution in [-0.4, -0.2) is 25.2 Å². The molecule has 2 aliphatic rings. The summed E-state index contributed by atoms with van der Waals surface area (Å²) in [6.07, 6.45) is 6.44. The number of hydrogen-bond acceptors (Lipinski definition) is 3. The topological polar surface area (TPSA) is 38.3 Å². The number of piperidine rings is 1. The first kappa shape index (κ1) is 13.9. The highest BCUT2D eigenvalue weighted by atomic mass is 16.5. The minimum Gasteiger partial charge on any atom is -0.462 e. The van der Waals surface area contributed by atoms with E-state index < -0.39 is 0 Å². The summed E-state index contributed by atoms with van der Waals surface area (Å²) in [6.45, 7) is 6.64. The second-order valence-corrected chi connectivity index (χ2v) is 6.43. The highest BCUT2D eigenvalue weighted by Gasteiger charge is 2.27. The SMILES string of the molecule is CC1CC(C)CC(OC(=O)CC2CCNCC2)C1. The zero-order valence-corrected chi connectivity index (χ0v) is 11.8. The molecule has 1 aliphatic heterocycles. The zero-order chi connectivity index (χ0) is 13.0. The second kappa shape index (κ2) is 6.55. The quantitative estimate of drug-likeness (QED) is 0.786. The van der Waals surface area contributed by atoms with E-state index in [2.05, 4.69) is 19.2 Å². The molecule has 0 aromatic heterocycles. The lowest BCUT2D eigenvalue weighted by molar-refractivity contribution is -0.153. The van der Waals surface area contributed by atoms with Crippen molar-refractivity contribution in [3.63, 3.8) is 0 Å². The summed E-state index contributed by atoms with van der Waals surface area (Å²) in [6, 6.07) is 0. The van der Waals surface area contributed by atoms with Gasteiger partial charge in [0.05, 0.1) is 0 Å². The Morgan fingerprint density at radius 2 is 1.72 bits per heavy atom. The van der Waals surface area contributed by atoms with Crippen molar-refractivity contribution in [2.24, 2.45) is 17.8 Å². The van der Waals surface area contributed by atoms with Gasteiger partial charge in [-0.1, -0.05) is 13.8 Å². The predicted molar refractivity (Wildman–Crippen MR) is 72.3 cm³/mol. The molecule has 18 heavy (non-hydrogen) atoms. The molecule has 2 unspecified atom stereocenters. The maximum absolute atomic E-state index is 12.0. The second-order valence-electron chi connectivity index (χ2n) is 6.43. The first-order valence-corrected chi connectivity index (χ1v) is 7.53. The van der Waals surface area contributed by atoms with E-state index in [0.29, 0.717) is 24.2 Å². The van der Waals surface area contributed by atoms with Gasteiger partial charge in [0, 0.05) is 6.42 Å². The smallest absolute Gasteiger partial charge is 0.306 e. The third kappa shape index (κ3) is 4.27. The Morgan fingerprint density at radius 3 is 2.33 bits per heavy atom. The van der Waals surface area contributed by atoms with Crippen molar-refractivity contribution in [1.29, 1.82) is 0 Å². The van der Waals surface area contributed by atoms with E-state index in [0.717, 1.165) is 38.8 Å². The largest absolute Gasteiger partial charge is 0.462 e. The lowest BCUT2D eigenvalue weighted by atomic mass is 9.82. The molecule has 1 aliphatic carbocycles. The minimum absolute atomic E-state index is 0.0354. The molecular formula is C15H27NO2. The Hall–Kier alpha value is -0.570. The lowest BCUT2D eigenvalue weighted by Gasteiger charge is -2.31. The Morgan fingerprint density at radius 1 is 1.11 bits per heavy atom. The Bertz CT molecular complexity index is 264. The molecule has 1 N–H and O–H groups in total. The van der Waals surface area contributed by atoms with Gasteiger partial charge in [0.15, 0.2) is 0 Å². The number of nitrogens with one attached hydrogen (secondary N) is 1. The van der Waals surface area contributed by atoms with Crippen LogP contribution in [0.5, 0.6) is 0 Å². The van der Waals surface area contributed by atoms with Gasteiger partial charge in [-0.2, -0.15) is 0 Å². The van der Waals surface area contributed by atoms with Gasteiger partial charge in [0.25, 0.3) is 0 Å². The Balaban J connectivity index is 1.72. The number of carbonyl (C=O) groups excluding carboxylic acids is 1. The molecule has 0 aromatic carbocycles. The highest BCUT2D eigenvalue weighted by molar-refractivity contribution is 5.69. The maximum atomic E-state index is 12.0. The molecule has 1 heterocycles. The first-order valence-electron chi connectivity index (χ1n) is 7.53. The number of ether oxygens (including phenoxy) is 1. The number of hydrogen-bond donors (Lipinski definition) is 1. The van der Waals surface area contributed by atoms with Crippen molar-refractivity contribution >= 4 is 5.97 Å². The van der Waals surface area contributed by atoms with Crippen molar-refractivity contribution in [3.05, 3.63) is 0 Å². The van der Waals surface area contributed by atoms with Gasteiger partial charge >= 0.3 is 5.97 Å². The highest BCUT2D eigenvalue weighted by Crippen LogP contribution is 2.30. The van der Waals surface area contributed by atoms with Gasteiger partial charge in [0.2, 0.25) is 0 Å². The fourth-order valence-electron chi connectivity index (χ4n) is 3.52. The van der Waals surface area contributed by atoms with E-state index >= 15 is 0 Å². The van der Waals surface area contributed by atoms with Crippen molar-refractivity contribution in [2.45, 2.75) is 58.5 Å². The summed E-state index contributed by atoms with van der Waals surface area (Å²) in [4.78, 5) is 12.0.